The van der Waals surface area contributed by atoms with Gasteiger partial charge in [-0.15, -0.1) is 11.3 Å². The third-order valence-corrected chi connectivity index (χ3v) is 5.48. The van der Waals surface area contributed by atoms with Crippen molar-refractivity contribution in [3.05, 3.63) is 54.1 Å². The second-order valence-electron chi connectivity index (χ2n) is 5.04. The molecule has 0 aliphatic heterocycles. The molecule has 0 atom stereocenters. The molecule has 1 heterocycles. The van der Waals surface area contributed by atoms with Gasteiger partial charge in [0.25, 0.3) is 0 Å². The van der Waals surface area contributed by atoms with E-state index in [0.717, 1.165) is 25.9 Å². The van der Waals surface area contributed by atoms with E-state index < -0.39 is 0 Å². The van der Waals surface area contributed by atoms with Gasteiger partial charge in [0.15, 0.2) is 4.34 Å². The molecule has 126 valence electrons. The van der Waals surface area contributed by atoms with Crippen LogP contribution in [0.5, 0.6) is 5.75 Å². The lowest BCUT2D eigenvalue weighted by Crippen LogP contribution is -2.25. The van der Waals surface area contributed by atoms with Crippen molar-refractivity contribution in [2.45, 2.75) is 4.34 Å². The van der Waals surface area contributed by atoms with Gasteiger partial charge in [-0.3, -0.25) is 4.79 Å². The molecule has 0 spiro atoms. The van der Waals surface area contributed by atoms with Crippen molar-refractivity contribution < 1.29 is 9.53 Å². The highest BCUT2D eigenvalue weighted by Gasteiger charge is 2.06. The highest BCUT2D eigenvalue weighted by Crippen LogP contribution is 2.28. The number of benzene rings is 2. The first-order chi connectivity index (χ1) is 12.2. The number of ether oxygens (including phenoxy) is 1. The van der Waals surface area contributed by atoms with Crippen molar-refractivity contribution in [2.24, 2.45) is 0 Å². The molecule has 4 nitrogen and oxygen atoms in total. The van der Waals surface area contributed by atoms with Crippen molar-refractivity contribution in [3.8, 4) is 17.6 Å². The molecule has 1 N–H and O–H groups in total. The Morgan fingerprint density at radius 2 is 2.04 bits per heavy atom. The standard InChI is InChI=1S/C19H16N2O2S2/c1-23-15-10-8-14(9-11-15)5-4-12-20-18(22)13-24-19-21-16-6-2-3-7-17(16)25-19/h2-3,6-11H,12-13H2,1H3,(H,20,22). The predicted octanol–water partition coefficient (Wildman–Crippen LogP) is 3.56. The van der Waals surface area contributed by atoms with Gasteiger partial charge in [0, 0.05) is 5.56 Å². The maximum Gasteiger partial charge on any atom is 0.231 e. The number of methoxy groups -OCH3 is 1. The molecule has 2 aromatic carbocycles. The Bertz CT molecular complexity index is 891. The minimum Gasteiger partial charge on any atom is -0.497 e. The van der Waals surface area contributed by atoms with Gasteiger partial charge in [0.2, 0.25) is 5.91 Å². The van der Waals surface area contributed by atoms with Crippen LogP contribution in [0.2, 0.25) is 0 Å². The Kier molecular flexibility index (Phi) is 5.94. The summed E-state index contributed by atoms with van der Waals surface area (Å²) >= 11 is 3.05. The van der Waals surface area contributed by atoms with Crippen molar-refractivity contribution in [1.82, 2.24) is 10.3 Å². The van der Waals surface area contributed by atoms with Crippen LogP contribution in [-0.4, -0.2) is 30.3 Å². The number of carbonyl (C=O) groups excluding carboxylic acids is 1. The summed E-state index contributed by atoms with van der Waals surface area (Å²) in [5, 5.41) is 2.80. The molecule has 1 amide bonds. The van der Waals surface area contributed by atoms with Crippen LogP contribution in [0.4, 0.5) is 0 Å². The molecule has 0 saturated carbocycles. The molecule has 6 heteroatoms. The molecule has 0 saturated heterocycles. The van der Waals surface area contributed by atoms with Crippen LogP contribution in [0.3, 0.4) is 0 Å². The molecule has 0 fully saturated rings. The smallest absolute Gasteiger partial charge is 0.231 e. The normalized spacial score (nSPS) is 10.1. The maximum absolute atomic E-state index is 11.9. The minimum absolute atomic E-state index is 0.0479. The van der Waals surface area contributed by atoms with E-state index in [0.29, 0.717) is 12.3 Å². The molecular formula is C19H16N2O2S2. The molecule has 3 rings (SSSR count). The van der Waals surface area contributed by atoms with E-state index in [1.807, 2.05) is 48.5 Å². The molecule has 0 aliphatic rings. The molecular weight excluding hydrogens is 352 g/mol. The van der Waals surface area contributed by atoms with Gasteiger partial charge in [-0.1, -0.05) is 35.7 Å². The van der Waals surface area contributed by atoms with Crippen LogP contribution >= 0.6 is 23.1 Å². The van der Waals surface area contributed by atoms with Gasteiger partial charge in [0.1, 0.15) is 5.75 Å². The van der Waals surface area contributed by atoms with Gasteiger partial charge < -0.3 is 10.1 Å². The molecule has 0 bridgehead atoms. The zero-order valence-corrected chi connectivity index (χ0v) is 15.2. The number of aromatic nitrogens is 1. The number of nitrogens with zero attached hydrogens (tertiary/aromatic N) is 1. The summed E-state index contributed by atoms with van der Waals surface area (Å²) in [5.41, 5.74) is 1.86. The first kappa shape index (κ1) is 17.3. The van der Waals surface area contributed by atoms with E-state index in [1.165, 1.54) is 11.8 Å². The third kappa shape index (κ3) is 4.99. The SMILES string of the molecule is COc1ccc(C#CCNC(=O)CSc2nc3ccccc3s2)cc1. The third-order valence-electron chi connectivity index (χ3n) is 3.30. The minimum atomic E-state index is -0.0479. The fourth-order valence-electron chi connectivity index (χ4n) is 2.05. The number of thioether (sulfide) groups is 1. The average Bonchev–Trinajstić information content (AvgIpc) is 3.07. The van der Waals surface area contributed by atoms with E-state index in [-0.39, 0.29) is 5.91 Å². The van der Waals surface area contributed by atoms with Crippen LogP contribution in [0.15, 0.2) is 52.9 Å². The van der Waals surface area contributed by atoms with Crippen LogP contribution in [0, 0.1) is 11.8 Å². The monoisotopic (exact) mass is 368 g/mol. The number of para-hydroxylation sites is 1. The zero-order valence-electron chi connectivity index (χ0n) is 13.6. The lowest BCUT2D eigenvalue weighted by molar-refractivity contribution is -0.118. The number of carbonyl (C=O) groups is 1. The van der Waals surface area contributed by atoms with Gasteiger partial charge in [-0.2, -0.15) is 0 Å². The summed E-state index contributed by atoms with van der Waals surface area (Å²) in [6.07, 6.45) is 0. The molecule has 0 radical (unpaired) electrons. The summed E-state index contributed by atoms with van der Waals surface area (Å²) in [5.74, 6) is 7.04. The van der Waals surface area contributed by atoms with Gasteiger partial charge in [-0.25, -0.2) is 4.98 Å². The summed E-state index contributed by atoms with van der Waals surface area (Å²) < 4.78 is 7.14. The Morgan fingerprint density at radius 1 is 1.24 bits per heavy atom. The molecule has 3 aromatic rings. The molecule has 0 unspecified atom stereocenters. The average molecular weight is 368 g/mol. The van der Waals surface area contributed by atoms with E-state index in [1.54, 1.807) is 18.4 Å². The van der Waals surface area contributed by atoms with E-state index in [2.05, 4.69) is 22.1 Å². The number of hydrogen-bond donors (Lipinski definition) is 1. The number of thiazole rings is 1. The number of nitrogens with one attached hydrogen (secondary N) is 1. The Hall–Kier alpha value is -2.49. The first-order valence-electron chi connectivity index (χ1n) is 7.62. The molecule has 1 aromatic heterocycles. The highest BCUT2D eigenvalue weighted by atomic mass is 32.2. The summed E-state index contributed by atoms with van der Waals surface area (Å²) in [6.45, 7) is 0.325. The lowest BCUT2D eigenvalue weighted by atomic mass is 10.2. The van der Waals surface area contributed by atoms with Crippen LogP contribution in [0.1, 0.15) is 5.56 Å². The fourth-order valence-corrected chi connectivity index (χ4v) is 3.95. The van der Waals surface area contributed by atoms with Crippen LogP contribution < -0.4 is 10.1 Å². The largest absolute Gasteiger partial charge is 0.497 e. The first-order valence-corrected chi connectivity index (χ1v) is 9.43. The van der Waals surface area contributed by atoms with E-state index >= 15 is 0 Å². The Morgan fingerprint density at radius 3 is 2.80 bits per heavy atom. The highest BCUT2D eigenvalue weighted by molar-refractivity contribution is 8.01. The van der Waals surface area contributed by atoms with E-state index in [9.17, 15) is 4.79 Å². The lowest BCUT2D eigenvalue weighted by Gasteiger charge is -1.99. The van der Waals surface area contributed by atoms with Crippen molar-refractivity contribution >= 4 is 39.2 Å². The fraction of sp³-hybridized carbons (Fsp3) is 0.158. The van der Waals surface area contributed by atoms with Gasteiger partial charge >= 0.3 is 0 Å². The quantitative estimate of drug-likeness (QED) is 0.553. The van der Waals surface area contributed by atoms with Gasteiger partial charge in [0.05, 0.1) is 29.6 Å². The second-order valence-corrected chi connectivity index (χ2v) is 7.30. The van der Waals surface area contributed by atoms with Gasteiger partial charge in [-0.05, 0) is 36.4 Å². The van der Waals surface area contributed by atoms with Crippen molar-refractivity contribution in [2.75, 3.05) is 19.4 Å². The predicted molar refractivity (Wildman–Crippen MR) is 103 cm³/mol. The molecule has 25 heavy (non-hydrogen) atoms. The second kappa shape index (κ2) is 8.56. The van der Waals surface area contributed by atoms with Crippen molar-refractivity contribution in [1.29, 1.82) is 0 Å². The summed E-state index contributed by atoms with van der Waals surface area (Å²) in [6, 6.07) is 15.5. The number of amides is 1. The Balaban J connectivity index is 1.44. The van der Waals surface area contributed by atoms with Crippen LogP contribution in [-0.2, 0) is 4.79 Å². The van der Waals surface area contributed by atoms with Crippen LogP contribution in [0.25, 0.3) is 10.2 Å². The molecule has 0 aliphatic carbocycles. The Labute approximate surface area is 154 Å². The van der Waals surface area contributed by atoms with Crippen molar-refractivity contribution in [3.63, 3.8) is 0 Å². The summed E-state index contributed by atoms with van der Waals surface area (Å²) in [4.78, 5) is 16.4. The maximum atomic E-state index is 11.9. The number of rotatable bonds is 5. The van der Waals surface area contributed by atoms with E-state index in [4.69, 9.17) is 4.74 Å². The topological polar surface area (TPSA) is 51.2 Å². The zero-order chi connectivity index (χ0) is 17.5. The summed E-state index contributed by atoms with van der Waals surface area (Å²) in [7, 11) is 1.63. The number of fused-ring (bicyclic) bond motifs is 1. The number of hydrogen-bond acceptors (Lipinski definition) is 5.